The van der Waals surface area contributed by atoms with E-state index in [0.29, 0.717) is 18.4 Å². The second kappa shape index (κ2) is 12.8. The molecule has 0 aliphatic heterocycles. The maximum absolute atomic E-state index is 8.98. The third-order valence-corrected chi connectivity index (χ3v) is 3.27. The maximum Gasteiger partial charge on any atom is 0.394 e. The quantitative estimate of drug-likeness (QED) is 0.448. The lowest BCUT2D eigenvalue weighted by molar-refractivity contribution is 0.188. The molecule has 0 bridgehead atoms. The van der Waals surface area contributed by atoms with Gasteiger partial charge in [0.25, 0.3) is 0 Å². The van der Waals surface area contributed by atoms with Crippen LogP contribution in [0, 0.1) is 11.8 Å². The lowest BCUT2D eigenvalue weighted by Gasteiger charge is -2.16. The highest BCUT2D eigenvalue weighted by molar-refractivity contribution is 7.79. The first-order chi connectivity index (χ1) is 8.72. The van der Waals surface area contributed by atoms with Gasteiger partial charge in [0, 0.05) is 6.61 Å². The van der Waals surface area contributed by atoms with Gasteiger partial charge in [-0.2, -0.15) is 8.42 Å². The monoisotopic (exact) mass is 298 g/mol. The molecule has 0 amide bonds. The second-order valence-corrected chi connectivity index (χ2v) is 6.04. The lowest BCUT2D eigenvalue weighted by Crippen LogP contribution is -2.11. The van der Waals surface area contributed by atoms with E-state index in [9.17, 15) is 0 Å². The van der Waals surface area contributed by atoms with Crippen LogP contribution in [0.5, 0.6) is 0 Å². The predicted octanol–water partition coefficient (Wildman–Crippen LogP) is 3.35. The number of hydrogen-bond donors (Lipinski definition) is 3. The van der Waals surface area contributed by atoms with Crippen LogP contribution in [0.3, 0.4) is 0 Å². The van der Waals surface area contributed by atoms with E-state index in [-0.39, 0.29) is 0 Å². The summed E-state index contributed by atoms with van der Waals surface area (Å²) in [6.07, 6.45) is 9.53. The summed E-state index contributed by atoms with van der Waals surface area (Å²) in [5, 5.41) is 8.98. The first-order valence-electron chi connectivity index (χ1n) is 7.03. The van der Waals surface area contributed by atoms with Gasteiger partial charge in [-0.3, -0.25) is 9.11 Å². The minimum absolute atomic E-state index is 0.344. The molecule has 0 aromatic heterocycles. The molecule has 0 aromatic rings. The molecule has 0 radical (unpaired) electrons. The van der Waals surface area contributed by atoms with Crippen LogP contribution in [0.2, 0.25) is 0 Å². The highest BCUT2D eigenvalue weighted by Gasteiger charge is 2.09. The molecule has 2 atom stereocenters. The van der Waals surface area contributed by atoms with E-state index in [4.69, 9.17) is 22.6 Å². The van der Waals surface area contributed by atoms with E-state index in [2.05, 4.69) is 20.8 Å². The SMILES string of the molecule is CCCCCCCCC(C)C(C)CO.O=S(=O)(O)O. The molecule has 3 N–H and O–H groups in total. The Bertz CT molecular complexity index is 269. The zero-order valence-electron chi connectivity index (χ0n) is 12.4. The summed E-state index contributed by atoms with van der Waals surface area (Å²) in [4.78, 5) is 0. The van der Waals surface area contributed by atoms with Gasteiger partial charge in [0.2, 0.25) is 0 Å². The molecule has 6 heteroatoms. The Kier molecular flexibility index (Phi) is 14.3. The molecule has 5 nitrogen and oxygen atoms in total. The van der Waals surface area contributed by atoms with E-state index in [0.717, 1.165) is 0 Å². The van der Waals surface area contributed by atoms with Crippen LogP contribution in [0.25, 0.3) is 0 Å². The number of unbranched alkanes of at least 4 members (excludes halogenated alkanes) is 5. The van der Waals surface area contributed by atoms with Crippen molar-refractivity contribution in [3.8, 4) is 0 Å². The van der Waals surface area contributed by atoms with Gasteiger partial charge in [-0.15, -0.1) is 0 Å². The first-order valence-corrected chi connectivity index (χ1v) is 8.42. The summed E-state index contributed by atoms with van der Waals surface area (Å²) in [7, 11) is -4.67. The van der Waals surface area contributed by atoms with E-state index in [1.54, 1.807) is 0 Å². The first kappa shape index (κ1) is 21.1. The largest absolute Gasteiger partial charge is 0.396 e. The van der Waals surface area contributed by atoms with Gasteiger partial charge in [-0.05, 0) is 11.8 Å². The average Bonchev–Trinajstić information content (AvgIpc) is 2.30. The lowest BCUT2D eigenvalue weighted by atomic mass is 9.91. The zero-order valence-corrected chi connectivity index (χ0v) is 13.2. The summed E-state index contributed by atoms with van der Waals surface area (Å²) in [5.74, 6) is 1.16. The molecule has 0 saturated heterocycles. The van der Waals surface area contributed by atoms with Gasteiger partial charge in [0.1, 0.15) is 0 Å². The van der Waals surface area contributed by atoms with Crippen molar-refractivity contribution in [1.29, 1.82) is 0 Å². The number of aliphatic hydroxyl groups excluding tert-OH is 1. The van der Waals surface area contributed by atoms with Crippen molar-refractivity contribution in [1.82, 2.24) is 0 Å². The summed E-state index contributed by atoms with van der Waals surface area (Å²) < 4.78 is 31.6. The Hall–Kier alpha value is -0.170. The Balaban J connectivity index is 0. The minimum Gasteiger partial charge on any atom is -0.396 e. The van der Waals surface area contributed by atoms with Crippen LogP contribution in [-0.2, 0) is 10.4 Å². The van der Waals surface area contributed by atoms with E-state index >= 15 is 0 Å². The molecule has 0 aliphatic rings. The molecule has 0 aromatic carbocycles. The Morgan fingerprint density at radius 3 is 1.74 bits per heavy atom. The van der Waals surface area contributed by atoms with Crippen molar-refractivity contribution in [2.24, 2.45) is 11.8 Å². The normalized spacial score (nSPS) is 14.4. The fourth-order valence-corrected chi connectivity index (χ4v) is 1.71. The van der Waals surface area contributed by atoms with Crippen molar-refractivity contribution < 1.29 is 22.6 Å². The van der Waals surface area contributed by atoms with E-state index < -0.39 is 10.4 Å². The topological polar surface area (TPSA) is 94.8 Å². The average molecular weight is 298 g/mol. The van der Waals surface area contributed by atoms with Crippen LogP contribution >= 0.6 is 0 Å². The third-order valence-electron chi connectivity index (χ3n) is 3.27. The standard InChI is InChI=1S/C13H28O.H2O4S/c1-4-5-6-7-8-9-10-12(2)13(3)11-14;1-5(2,3)4/h12-14H,4-11H2,1-3H3;(H2,1,2,3,4). The van der Waals surface area contributed by atoms with E-state index in [1.165, 1.54) is 44.9 Å². The molecule has 0 saturated carbocycles. The summed E-state index contributed by atoms with van der Waals surface area (Å²) >= 11 is 0. The molecular weight excluding hydrogens is 268 g/mol. The van der Waals surface area contributed by atoms with Gasteiger partial charge in [-0.1, -0.05) is 65.7 Å². The molecule has 0 spiro atoms. The summed E-state index contributed by atoms with van der Waals surface area (Å²) in [5.41, 5.74) is 0. The van der Waals surface area contributed by atoms with Gasteiger partial charge >= 0.3 is 10.4 Å². The molecule has 0 rings (SSSR count). The number of rotatable bonds is 9. The van der Waals surface area contributed by atoms with Crippen molar-refractivity contribution in [2.75, 3.05) is 6.61 Å². The van der Waals surface area contributed by atoms with Crippen LogP contribution in [-0.4, -0.2) is 29.2 Å². The molecule has 19 heavy (non-hydrogen) atoms. The van der Waals surface area contributed by atoms with Gasteiger partial charge in [-0.25, -0.2) is 0 Å². The maximum atomic E-state index is 8.98. The van der Waals surface area contributed by atoms with Gasteiger partial charge in [0.05, 0.1) is 0 Å². The molecule has 2 unspecified atom stereocenters. The van der Waals surface area contributed by atoms with Crippen LogP contribution in [0.1, 0.15) is 65.7 Å². The fourth-order valence-electron chi connectivity index (χ4n) is 1.71. The Morgan fingerprint density at radius 2 is 1.32 bits per heavy atom. The second-order valence-electron chi connectivity index (χ2n) is 5.14. The Labute approximate surface area is 118 Å². The number of aliphatic hydroxyl groups is 1. The van der Waals surface area contributed by atoms with Gasteiger partial charge < -0.3 is 5.11 Å². The van der Waals surface area contributed by atoms with E-state index in [1.807, 2.05) is 0 Å². The molecule has 0 fully saturated rings. The van der Waals surface area contributed by atoms with Crippen LogP contribution in [0.4, 0.5) is 0 Å². The molecule has 118 valence electrons. The zero-order chi connectivity index (χ0) is 15.3. The third kappa shape index (κ3) is 23.4. The highest BCUT2D eigenvalue weighted by Crippen LogP contribution is 2.18. The van der Waals surface area contributed by atoms with Crippen LogP contribution < -0.4 is 0 Å². The van der Waals surface area contributed by atoms with Gasteiger partial charge in [0.15, 0.2) is 0 Å². The van der Waals surface area contributed by atoms with Crippen LogP contribution in [0.15, 0.2) is 0 Å². The summed E-state index contributed by atoms with van der Waals surface area (Å²) in [6.45, 7) is 7.00. The van der Waals surface area contributed by atoms with Crippen molar-refractivity contribution in [3.63, 3.8) is 0 Å². The molecular formula is C13H30O5S. The predicted molar refractivity (Wildman–Crippen MR) is 77.6 cm³/mol. The smallest absolute Gasteiger partial charge is 0.394 e. The fraction of sp³-hybridized carbons (Fsp3) is 1.00. The van der Waals surface area contributed by atoms with Crippen molar-refractivity contribution >= 4 is 10.4 Å². The number of hydrogen-bond acceptors (Lipinski definition) is 3. The van der Waals surface area contributed by atoms with Crippen molar-refractivity contribution in [3.05, 3.63) is 0 Å². The van der Waals surface area contributed by atoms with Crippen molar-refractivity contribution in [2.45, 2.75) is 65.7 Å². The Morgan fingerprint density at radius 1 is 0.895 bits per heavy atom. The highest BCUT2D eigenvalue weighted by atomic mass is 32.3. The molecule has 0 aliphatic carbocycles. The summed E-state index contributed by atoms with van der Waals surface area (Å²) in [6, 6.07) is 0. The minimum atomic E-state index is -4.67. The molecule has 0 heterocycles.